The van der Waals surface area contributed by atoms with Crippen molar-refractivity contribution in [2.75, 3.05) is 6.54 Å². The number of hydrogen-bond donors (Lipinski definition) is 1. The number of furan rings is 1. The maximum absolute atomic E-state index is 5.69. The molecule has 0 atom stereocenters. The molecule has 1 saturated carbocycles. The van der Waals surface area contributed by atoms with Gasteiger partial charge in [-0.05, 0) is 49.0 Å². The second-order valence-corrected chi connectivity index (χ2v) is 5.05. The van der Waals surface area contributed by atoms with Gasteiger partial charge in [-0.1, -0.05) is 25.7 Å². The number of nitrogens with one attached hydrogen (secondary N) is 1. The molecule has 0 unspecified atom stereocenters. The van der Waals surface area contributed by atoms with E-state index in [1.165, 1.54) is 38.5 Å². The second kappa shape index (κ2) is 6.31. The fourth-order valence-corrected chi connectivity index (χ4v) is 2.64. The lowest BCUT2D eigenvalue weighted by Gasteiger charge is -2.08. The molecule has 0 bridgehead atoms. The fraction of sp³-hybridized carbons (Fsp3) is 0.692. The molecule has 2 rings (SSSR count). The van der Waals surface area contributed by atoms with Crippen LogP contribution in [-0.2, 0) is 6.54 Å². The van der Waals surface area contributed by atoms with Gasteiger partial charge in [0.05, 0.1) is 6.54 Å². The van der Waals surface area contributed by atoms with Crippen LogP contribution in [0.1, 0.15) is 44.3 Å². The van der Waals surface area contributed by atoms with Gasteiger partial charge in [-0.3, -0.25) is 0 Å². The van der Waals surface area contributed by atoms with Crippen LogP contribution < -0.4 is 5.32 Å². The van der Waals surface area contributed by atoms with Gasteiger partial charge in [0.25, 0.3) is 0 Å². The van der Waals surface area contributed by atoms with Crippen LogP contribution in [0.4, 0.5) is 0 Å². The van der Waals surface area contributed by atoms with E-state index in [1.54, 1.807) is 6.07 Å². The summed E-state index contributed by atoms with van der Waals surface area (Å²) in [6.45, 7) is 1.87. The van der Waals surface area contributed by atoms with E-state index in [-0.39, 0.29) is 0 Å². The van der Waals surface area contributed by atoms with Gasteiger partial charge < -0.3 is 9.73 Å². The van der Waals surface area contributed by atoms with E-state index in [0.717, 1.165) is 24.8 Å². The maximum atomic E-state index is 5.69. The first-order valence-electron chi connectivity index (χ1n) is 6.29. The molecule has 2 nitrogen and oxygen atoms in total. The monoisotopic (exact) mass is 241 g/mol. The molecule has 16 heavy (non-hydrogen) atoms. The van der Waals surface area contributed by atoms with E-state index in [9.17, 15) is 0 Å². The SMILES string of the molecule is Clc1ccc(CNCCCC2CCCC2)o1. The molecule has 1 heterocycles. The molecule has 0 aliphatic heterocycles. The summed E-state index contributed by atoms with van der Waals surface area (Å²) in [6.07, 6.45) is 8.46. The molecule has 0 amide bonds. The van der Waals surface area contributed by atoms with Crippen LogP contribution in [0.2, 0.25) is 5.22 Å². The first-order chi connectivity index (χ1) is 7.84. The molecular formula is C13H20ClNO. The van der Waals surface area contributed by atoms with Crippen molar-refractivity contribution in [1.82, 2.24) is 5.32 Å². The minimum atomic E-state index is 0.475. The molecule has 1 aromatic heterocycles. The summed E-state index contributed by atoms with van der Waals surface area (Å²) in [7, 11) is 0. The molecule has 1 N–H and O–H groups in total. The van der Waals surface area contributed by atoms with Gasteiger partial charge in [-0.2, -0.15) is 0 Å². The zero-order valence-electron chi connectivity index (χ0n) is 9.68. The van der Waals surface area contributed by atoms with Crippen LogP contribution in [0.5, 0.6) is 0 Å². The highest BCUT2D eigenvalue weighted by atomic mass is 35.5. The Labute approximate surface area is 102 Å². The lowest BCUT2D eigenvalue weighted by Crippen LogP contribution is -2.15. The highest BCUT2D eigenvalue weighted by Gasteiger charge is 2.13. The average molecular weight is 242 g/mol. The Bertz CT molecular complexity index is 305. The van der Waals surface area contributed by atoms with E-state index in [4.69, 9.17) is 16.0 Å². The molecular weight excluding hydrogens is 222 g/mol. The summed E-state index contributed by atoms with van der Waals surface area (Å²) in [5.41, 5.74) is 0. The van der Waals surface area contributed by atoms with Gasteiger partial charge >= 0.3 is 0 Å². The van der Waals surface area contributed by atoms with Crippen molar-refractivity contribution in [1.29, 1.82) is 0 Å². The fourth-order valence-electron chi connectivity index (χ4n) is 2.47. The van der Waals surface area contributed by atoms with Crippen LogP contribution in [0, 0.1) is 5.92 Å². The Morgan fingerprint density at radius 1 is 1.31 bits per heavy atom. The quantitative estimate of drug-likeness (QED) is 0.762. The van der Waals surface area contributed by atoms with Crippen molar-refractivity contribution in [2.24, 2.45) is 5.92 Å². The third-order valence-electron chi connectivity index (χ3n) is 3.37. The third kappa shape index (κ3) is 3.84. The maximum Gasteiger partial charge on any atom is 0.193 e. The Hall–Kier alpha value is -0.470. The number of hydrogen-bond acceptors (Lipinski definition) is 2. The predicted octanol–water partition coefficient (Wildman–Crippen LogP) is 3.99. The summed E-state index contributed by atoms with van der Waals surface area (Å²) in [6, 6.07) is 3.71. The highest BCUT2D eigenvalue weighted by molar-refractivity contribution is 6.28. The van der Waals surface area contributed by atoms with Crippen molar-refractivity contribution in [3.05, 3.63) is 23.1 Å². The Balaban J connectivity index is 1.51. The molecule has 0 spiro atoms. The Morgan fingerprint density at radius 2 is 2.12 bits per heavy atom. The topological polar surface area (TPSA) is 25.2 Å². The third-order valence-corrected chi connectivity index (χ3v) is 3.57. The van der Waals surface area contributed by atoms with Gasteiger partial charge in [-0.15, -0.1) is 0 Å². The summed E-state index contributed by atoms with van der Waals surface area (Å²) in [4.78, 5) is 0. The highest BCUT2D eigenvalue weighted by Crippen LogP contribution is 2.28. The summed E-state index contributed by atoms with van der Waals surface area (Å²) < 4.78 is 5.27. The van der Waals surface area contributed by atoms with Crippen LogP contribution >= 0.6 is 11.6 Å². The van der Waals surface area contributed by atoms with E-state index in [1.807, 2.05) is 6.07 Å². The standard InChI is InChI=1S/C13H20ClNO/c14-13-8-7-12(16-13)10-15-9-3-6-11-4-1-2-5-11/h7-8,11,15H,1-6,9-10H2. The Morgan fingerprint density at radius 3 is 2.81 bits per heavy atom. The first-order valence-corrected chi connectivity index (χ1v) is 6.67. The lowest BCUT2D eigenvalue weighted by molar-refractivity contribution is 0.450. The van der Waals surface area contributed by atoms with Crippen molar-refractivity contribution in [3.8, 4) is 0 Å². The van der Waals surface area contributed by atoms with E-state index < -0.39 is 0 Å². The zero-order valence-corrected chi connectivity index (χ0v) is 10.4. The van der Waals surface area contributed by atoms with Crippen molar-refractivity contribution >= 4 is 11.6 Å². The number of halogens is 1. The molecule has 1 aliphatic rings. The normalized spacial score (nSPS) is 17.1. The predicted molar refractivity (Wildman–Crippen MR) is 66.6 cm³/mol. The van der Waals surface area contributed by atoms with Crippen molar-refractivity contribution in [3.63, 3.8) is 0 Å². The van der Waals surface area contributed by atoms with Gasteiger partial charge in [0, 0.05) is 0 Å². The molecule has 0 aromatic carbocycles. The molecule has 1 aromatic rings. The molecule has 0 radical (unpaired) electrons. The van der Waals surface area contributed by atoms with E-state index in [0.29, 0.717) is 5.22 Å². The summed E-state index contributed by atoms with van der Waals surface area (Å²) in [5, 5.41) is 3.86. The van der Waals surface area contributed by atoms with Crippen LogP contribution in [-0.4, -0.2) is 6.54 Å². The van der Waals surface area contributed by atoms with Crippen LogP contribution in [0.25, 0.3) is 0 Å². The molecule has 90 valence electrons. The van der Waals surface area contributed by atoms with E-state index in [2.05, 4.69) is 5.32 Å². The first kappa shape index (κ1) is 12.0. The minimum Gasteiger partial charge on any atom is -0.448 e. The largest absolute Gasteiger partial charge is 0.448 e. The minimum absolute atomic E-state index is 0.475. The average Bonchev–Trinajstić information content (AvgIpc) is 2.89. The zero-order chi connectivity index (χ0) is 11.2. The van der Waals surface area contributed by atoms with Crippen LogP contribution in [0.3, 0.4) is 0 Å². The second-order valence-electron chi connectivity index (χ2n) is 4.68. The molecule has 3 heteroatoms. The van der Waals surface area contributed by atoms with Gasteiger partial charge in [0.1, 0.15) is 5.76 Å². The number of rotatable bonds is 6. The van der Waals surface area contributed by atoms with Crippen molar-refractivity contribution < 1.29 is 4.42 Å². The van der Waals surface area contributed by atoms with Gasteiger partial charge in [0.2, 0.25) is 0 Å². The smallest absolute Gasteiger partial charge is 0.193 e. The van der Waals surface area contributed by atoms with Crippen LogP contribution in [0.15, 0.2) is 16.5 Å². The molecule has 0 saturated heterocycles. The summed E-state index contributed by atoms with van der Waals surface area (Å²) >= 11 is 5.69. The van der Waals surface area contributed by atoms with E-state index >= 15 is 0 Å². The Kier molecular flexibility index (Phi) is 4.73. The summed E-state index contributed by atoms with van der Waals surface area (Å²) in [5.74, 6) is 1.92. The molecule has 1 fully saturated rings. The molecule has 1 aliphatic carbocycles. The van der Waals surface area contributed by atoms with Gasteiger partial charge in [0.15, 0.2) is 5.22 Å². The lowest BCUT2D eigenvalue weighted by atomic mass is 10.0. The van der Waals surface area contributed by atoms with Crippen molar-refractivity contribution in [2.45, 2.75) is 45.1 Å². The van der Waals surface area contributed by atoms with Gasteiger partial charge in [-0.25, -0.2) is 0 Å².